The van der Waals surface area contributed by atoms with Gasteiger partial charge in [0.1, 0.15) is 12.4 Å². The minimum Gasteiger partial charge on any atom is -0.491 e. The van der Waals surface area contributed by atoms with Crippen LogP contribution in [0.3, 0.4) is 0 Å². The summed E-state index contributed by atoms with van der Waals surface area (Å²) in [7, 11) is -1.99. The van der Waals surface area contributed by atoms with Gasteiger partial charge < -0.3 is 14.2 Å². The maximum Gasteiger partial charge on any atom is 0.240 e. The molecule has 0 fully saturated rings. The number of hydrogen-bond acceptors (Lipinski definition) is 5. The standard InChI is InChI=1S/C19H25NO5S/c1-3-24-15-17-6-4-16(5-7-17)14-20-26(21,22)19-10-8-18(9-11-19)25-13-12-23-2/h4-11,20H,3,12-15H2,1-2H3. The van der Waals surface area contributed by atoms with Gasteiger partial charge in [0.2, 0.25) is 10.0 Å². The van der Waals surface area contributed by atoms with E-state index in [1.54, 1.807) is 19.2 Å². The lowest BCUT2D eigenvalue weighted by atomic mass is 10.1. The van der Waals surface area contributed by atoms with Gasteiger partial charge in [-0.25, -0.2) is 13.1 Å². The van der Waals surface area contributed by atoms with Gasteiger partial charge in [-0.1, -0.05) is 24.3 Å². The van der Waals surface area contributed by atoms with Crippen molar-refractivity contribution in [1.29, 1.82) is 0 Å². The lowest BCUT2D eigenvalue weighted by Gasteiger charge is -2.09. The van der Waals surface area contributed by atoms with Crippen LogP contribution in [0.15, 0.2) is 53.4 Å². The Labute approximate surface area is 155 Å². The molecule has 2 aromatic carbocycles. The van der Waals surface area contributed by atoms with Crippen molar-refractivity contribution >= 4 is 10.0 Å². The van der Waals surface area contributed by atoms with E-state index in [-0.39, 0.29) is 11.4 Å². The fourth-order valence-corrected chi connectivity index (χ4v) is 3.21. The normalized spacial score (nSPS) is 11.5. The van der Waals surface area contributed by atoms with Crippen molar-refractivity contribution in [3.8, 4) is 5.75 Å². The Morgan fingerprint density at radius 1 is 0.923 bits per heavy atom. The highest BCUT2D eigenvalue weighted by Crippen LogP contribution is 2.16. The van der Waals surface area contributed by atoms with Gasteiger partial charge in [-0.05, 0) is 42.3 Å². The van der Waals surface area contributed by atoms with E-state index in [2.05, 4.69) is 4.72 Å². The highest BCUT2D eigenvalue weighted by Gasteiger charge is 2.13. The van der Waals surface area contributed by atoms with Gasteiger partial charge in [0.25, 0.3) is 0 Å². The molecule has 0 saturated heterocycles. The van der Waals surface area contributed by atoms with Crippen LogP contribution in [0, 0.1) is 0 Å². The first-order chi connectivity index (χ1) is 12.5. The van der Waals surface area contributed by atoms with Crippen LogP contribution >= 0.6 is 0 Å². The van der Waals surface area contributed by atoms with E-state index in [4.69, 9.17) is 14.2 Å². The molecule has 0 aliphatic rings. The molecule has 0 bridgehead atoms. The van der Waals surface area contributed by atoms with Crippen molar-refractivity contribution in [3.63, 3.8) is 0 Å². The van der Waals surface area contributed by atoms with Gasteiger partial charge >= 0.3 is 0 Å². The average Bonchev–Trinajstić information content (AvgIpc) is 2.66. The third-order valence-electron chi connectivity index (χ3n) is 3.65. The Morgan fingerprint density at radius 2 is 1.58 bits per heavy atom. The van der Waals surface area contributed by atoms with Crippen molar-refractivity contribution in [3.05, 3.63) is 59.7 Å². The monoisotopic (exact) mass is 379 g/mol. The number of nitrogens with one attached hydrogen (secondary N) is 1. The van der Waals surface area contributed by atoms with Crippen LogP contribution in [0.4, 0.5) is 0 Å². The Balaban J connectivity index is 1.91. The van der Waals surface area contributed by atoms with Crippen molar-refractivity contribution in [2.24, 2.45) is 0 Å². The van der Waals surface area contributed by atoms with Crippen LogP contribution in [0.2, 0.25) is 0 Å². The molecule has 0 radical (unpaired) electrons. The maximum atomic E-state index is 12.4. The molecule has 0 unspecified atom stereocenters. The molecule has 6 nitrogen and oxygen atoms in total. The summed E-state index contributed by atoms with van der Waals surface area (Å²) in [6, 6.07) is 14.0. The second-order valence-electron chi connectivity index (χ2n) is 5.59. The molecular weight excluding hydrogens is 354 g/mol. The smallest absolute Gasteiger partial charge is 0.240 e. The van der Waals surface area contributed by atoms with Gasteiger partial charge in [0, 0.05) is 20.3 Å². The average molecular weight is 379 g/mol. The van der Waals surface area contributed by atoms with Crippen molar-refractivity contribution in [2.45, 2.75) is 25.0 Å². The molecule has 0 spiro atoms. The quantitative estimate of drug-likeness (QED) is 0.608. The highest BCUT2D eigenvalue weighted by molar-refractivity contribution is 7.89. The van der Waals surface area contributed by atoms with Crippen LogP contribution in [0.1, 0.15) is 18.1 Å². The maximum absolute atomic E-state index is 12.4. The fourth-order valence-electron chi connectivity index (χ4n) is 2.19. The SMILES string of the molecule is CCOCc1ccc(CNS(=O)(=O)c2ccc(OCCOC)cc2)cc1. The molecule has 0 atom stereocenters. The number of methoxy groups -OCH3 is 1. The third-order valence-corrected chi connectivity index (χ3v) is 5.07. The Hall–Kier alpha value is -1.93. The summed E-state index contributed by atoms with van der Waals surface area (Å²) in [5, 5.41) is 0. The van der Waals surface area contributed by atoms with Gasteiger partial charge in [-0.15, -0.1) is 0 Å². The summed E-state index contributed by atoms with van der Waals surface area (Å²) >= 11 is 0. The number of benzene rings is 2. The molecule has 0 amide bonds. The largest absolute Gasteiger partial charge is 0.491 e. The zero-order valence-corrected chi connectivity index (χ0v) is 15.9. The topological polar surface area (TPSA) is 73.9 Å². The summed E-state index contributed by atoms with van der Waals surface area (Å²) in [6.07, 6.45) is 0. The summed E-state index contributed by atoms with van der Waals surface area (Å²) in [5.74, 6) is 0.603. The summed E-state index contributed by atoms with van der Waals surface area (Å²) in [5.41, 5.74) is 1.94. The molecule has 0 aromatic heterocycles. The molecular formula is C19H25NO5S. The van der Waals surface area contributed by atoms with Crippen molar-refractivity contribution < 1.29 is 22.6 Å². The molecule has 0 aliphatic carbocycles. The zero-order valence-electron chi connectivity index (χ0n) is 15.1. The van der Waals surface area contributed by atoms with Crippen LogP contribution in [0.5, 0.6) is 5.75 Å². The van der Waals surface area contributed by atoms with Gasteiger partial charge in [0.05, 0.1) is 18.1 Å². The van der Waals surface area contributed by atoms with Crippen LogP contribution < -0.4 is 9.46 Å². The molecule has 0 saturated carbocycles. The van der Waals surface area contributed by atoms with E-state index in [0.717, 1.165) is 11.1 Å². The lowest BCUT2D eigenvalue weighted by Crippen LogP contribution is -2.23. The predicted molar refractivity (Wildman–Crippen MR) is 99.6 cm³/mol. The van der Waals surface area contributed by atoms with E-state index < -0.39 is 10.0 Å². The number of ether oxygens (including phenoxy) is 3. The summed E-state index contributed by atoms with van der Waals surface area (Å²) in [6.45, 7) is 4.29. The number of hydrogen-bond donors (Lipinski definition) is 1. The van der Waals surface area contributed by atoms with E-state index in [1.807, 2.05) is 31.2 Å². The minimum atomic E-state index is -3.58. The molecule has 26 heavy (non-hydrogen) atoms. The Morgan fingerprint density at radius 3 is 2.19 bits per heavy atom. The van der Waals surface area contributed by atoms with Gasteiger partial charge in [-0.3, -0.25) is 0 Å². The first kappa shape index (κ1) is 20.4. The summed E-state index contributed by atoms with van der Waals surface area (Å²) < 4.78 is 43.1. The van der Waals surface area contributed by atoms with Crippen molar-refractivity contribution in [1.82, 2.24) is 4.72 Å². The highest BCUT2D eigenvalue weighted by atomic mass is 32.2. The fraction of sp³-hybridized carbons (Fsp3) is 0.368. The number of rotatable bonds is 11. The molecule has 1 N–H and O–H groups in total. The molecule has 2 aromatic rings. The molecule has 2 rings (SSSR count). The first-order valence-corrected chi connectivity index (χ1v) is 9.90. The molecule has 7 heteroatoms. The van der Waals surface area contributed by atoms with E-state index >= 15 is 0 Å². The second-order valence-corrected chi connectivity index (χ2v) is 7.36. The van der Waals surface area contributed by atoms with E-state index in [9.17, 15) is 8.42 Å². The molecule has 0 heterocycles. The van der Waals surface area contributed by atoms with Gasteiger partial charge in [0.15, 0.2) is 0 Å². The molecule has 0 aliphatic heterocycles. The second kappa shape index (κ2) is 10.3. The minimum absolute atomic E-state index is 0.199. The zero-order chi connectivity index (χ0) is 18.8. The van der Waals surface area contributed by atoms with E-state index in [0.29, 0.717) is 32.2 Å². The lowest BCUT2D eigenvalue weighted by molar-refractivity contribution is 0.134. The molecule has 142 valence electrons. The third kappa shape index (κ3) is 6.42. The Kier molecular flexibility index (Phi) is 8.06. The van der Waals surface area contributed by atoms with E-state index in [1.165, 1.54) is 12.1 Å². The van der Waals surface area contributed by atoms with Crippen LogP contribution in [0.25, 0.3) is 0 Å². The Bertz CT molecular complexity index is 758. The van der Waals surface area contributed by atoms with Crippen LogP contribution in [-0.4, -0.2) is 35.3 Å². The number of sulfonamides is 1. The predicted octanol–water partition coefficient (Wildman–Crippen LogP) is 2.73. The van der Waals surface area contributed by atoms with Crippen molar-refractivity contribution in [2.75, 3.05) is 26.9 Å². The van der Waals surface area contributed by atoms with Crippen LogP contribution in [-0.2, 0) is 32.6 Å². The summed E-state index contributed by atoms with van der Waals surface area (Å²) in [4.78, 5) is 0.199. The van der Waals surface area contributed by atoms with Gasteiger partial charge in [-0.2, -0.15) is 0 Å². The first-order valence-electron chi connectivity index (χ1n) is 8.42.